The van der Waals surface area contributed by atoms with Gasteiger partial charge in [-0.3, -0.25) is 0 Å². The van der Waals surface area contributed by atoms with Crippen LogP contribution in [0.15, 0.2) is 27.1 Å². The molecule has 1 atom stereocenters. The maximum Gasteiger partial charge on any atom is 0.145 e. The van der Waals surface area contributed by atoms with Crippen molar-refractivity contribution in [1.29, 1.82) is 0 Å². The highest BCUT2D eigenvalue weighted by atomic mass is 79.9. The average Bonchev–Trinajstić information content (AvgIpc) is 2.27. The smallest absolute Gasteiger partial charge is 0.145 e. The van der Waals surface area contributed by atoms with Gasteiger partial charge in [0.15, 0.2) is 0 Å². The van der Waals surface area contributed by atoms with Crippen molar-refractivity contribution in [3.05, 3.63) is 33.8 Å². The minimum atomic E-state index is -1.21. The van der Waals surface area contributed by atoms with E-state index in [0.29, 0.717) is 0 Å². The fourth-order valence-electron chi connectivity index (χ4n) is 2.42. The first-order valence-corrected chi connectivity index (χ1v) is 8.77. The maximum atomic E-state index is 12.4. The predicted octanol–water partition coefficient (Wildman–Crippen LogP) is 4.67. The van der Waals surface area contributed by atoms with Gasteiger partial charge in [0.05, 0.1) is 10.5 Å². The third-order valence-electron chi connectivity index (χ3n) is 3.41. The lowest BCUT2D eigenvalue weighted by Crippen LogP contribution is -2.29. The van der Waals surface area contributed by atoms with Crippen LogP contribution in [0.3, 0.4) is 0 Å². The Labute approximate surface area is 132 Å². The van der Waals surface area contributed by atoms with Crippen molar-refractivity contribution in [3.8, 4) is 0 Å². The van der Waals surface area contributed by atoms with Crippen LogP contribution in [0.4, 0.5) is 0 Å². The molecule has 0 bridgehead atoms. The van der Waals surface area contributed by atoms with E-state index in [9.17, 15) is 4.21 Å². The van der Waals surface area contributed by atoms with E-state index in [-0.39, 0.29) is 10.2 Å². The number of nitrogens with zero attached hydrogens (tertiary/aromatic N) is 1. The molecule has 0 N–H and O–H groups in total. The summed E-state index contributed by atoms with van der Waals surface area (Å²) in [4.78, 5) is 0. The summed E-state index contributed by atoms with van der Waals surface area (Å²) in [5.41, 5.74) is 3.60. The quantitative estimate of drug-likeness (QED) is 0.719. The molecule has 0 aromatic heterocycles. The van der Waals surface area contributed by atoms with Crippen LogP contribution >= 0.6 is 15.9 Å². The molecule has 4 heteroatoms. The topological polar surface area (TPSA) is 29.4 Å². The van der Waals surface area contributed by atoms with E-state index < -0.39 is 11.0 Å². The van der Waals surface area contributed by atoms with Crippen molar-refractivity contribution in [3.63, 3.8) is 0 Å². The summed E-state index contributed by atoms with van der Waals surface area (Å²) in [5, 5.41) is 0. The van der Waals surface area contributed by atoms with Gasteiger partial charge in [0.1, 0.15) is 11.0 Å². The van der Waals surface area contributed by atoms with Crippen LogP contribution in [0.25, 0.3) is 0 Å². The number of benzene rings is 1. The number of halogens is 1. The van der Waals surface area contributed by atoms with Crippen LogP contribution in [0.2, 0.25) is 0 Å². The normalized spacial score (nSPS) is 21.6. The van der Waals surface area contributed by atoms with E-state index in [2.05, 4.69) is 52.4 Å². The van der Waals surface area contributed by atoms with Crippen LogP contribution in [-0.4, -0.2) is 14.7 Å². The standard InChI is InChI=1S/C16H22BrNOS/c1-15(2,3)20(19)18-14-10-16(4,5)9-11-6-7-12(17)8-13(11)14/h6-8H,9-10H2,1-5H3/b18-14+. The number of fused-ring (bicyclic) bond motifs is 1. The zero-order chi connectivity index (χ0) is 15.1. The van der Waals surface area contributed by atoms with Gasteiger partial charge in [0, 0.05) is 10.0 Å². The van der Waals surface area contributed by atoms with Gasteiger partial charge in [-0.1, -0.05) is 35.8 Å². The molecule has 0 saturated carbocycles. The molecule has 0 fully saturated rings. The predicted molar refractivity (Wildman–Crippen MR) is 90.7 cm³/mol. The lowest BCUT2D eigenvalue weighted by atomic mass is 9.73. The van der Waals surface area contributed by atoms with Gasteiger partial charge < -0.3 is 0 Å². The average molecular weight is 356 g/mol. The van der Waals surface area contributed by atoms with E-state index in [1.54, 1.807) is 0 Å². The summed E-state index contributed by atoms with van der Waals surface area (Å²) < 4.78 is 17.6. The van der Waals surface area contributed by atoms with Crippen molar-refractivity contribution < 1.29 is 4.21 Å². The molecule has 110 valence electrons. The van der Waals surface area contributed by atoms with Gasteiger partial charge in [-0.2, -0.15) is 4.40 Å². The summed E-state index contributed by atoms with van der Waals surface area (Å²) >= 11 is 3.52. The Bertz CT molecular complexity index is 585. The highest BCUT2D eigenvalue weighted by molar-refractivity contribution is 9.10. The molecule has 20 heavy (non-hydrogen) atoms. The fourth-order valence-corrected chi connectivity index (χ4v) is 3.41. The van der Waals surface area contributed by atoms with Gasteiger partial charge in [-0.15, -0.1) is 0 Å². The second kappa shape index (κ2) is 5.38. The van der Waals surface area contributed by atoms with E-state index >= 15 is 0 Å². The molecular weight excluding hydrogens is 334 g/mol. The first-order chi connectivity index (χ1) is 9.08. The van der Waals surface area contributed by atoms with E-state index in [1.165, 1.54) is 5.56 Å². The van der Waals surface area contributed by atoms with Crippen LogP contribution < -0.4 is 0 Å². The molecule has 0 amide bonds. The molecular formula is C16H22BrNOS. The van der Waals surface area contributed by atoms with Gasteiger partial charge in [0.2, 0.25) is 0 Å². The zero-order valence-electron chi connectivity index (χ0n) is 12.8. The number of rotatable bonds is 1. The highest BCUT2D eigenvalue weighted by Gasteiger charge is 2.31. The minimum absolute atomic E-state index is 0.168. The summed E-state index contributed by atoms with van der Waals surface area (Å²) in [6.07, 6.45) is 1.91. The van der Waals surface area contributed by atoms with Gasteiger partial charge in [-0.05, 0) is 56.7 Å². The van der Waals surface area contributed by atoms with Crippen molar-refractivity contribution in [2.45, 2.75) is 52.2 Å². The highest BCUT2D eigenvalue weighted by Crippen LogP contribution is 2.36. The molecule has 0 saturated heterocycles. The third kappa shape index (κ3) is 3.59. The van der Waals surface area contributed by atoms with Crippen LogP contribution in [0, 0.1) is 5.41 Å². The Kier molecular flexibility index (Phi) is 4.27. The fraction of sp³-hybridized carbons (Fsp3) is 0.562. The maximum absolute atomic E-state index is 12.4. The zero-order valence-corrected chi connectivity index (χ0v) is 15.2. The first kappa shape index (κ1) is 15.9. The van der Waals surface area contributed by atoms with Crippen molar-refractivity contribution in [1.82, 2.24) is 0 Å². The second-order valence-electron chi connectivity index (χ2n) is 7.22. The molecule has 1 aromatic rings. The van der Waals surface area contributed by atoms with Crippen LogP contribution in [0.1, 0.15) is 52.2 Å². The molecule has 0 heterocycles. The molecule has 2 rings (SSSR count). The Morgan fingerprint density at radius 1 is 1.25 bits per heavy atom. The lowest BCUT2D eigenvalue weighted by Gasteiger charge is -2.32. The Morgan fingerprint density at radius 3 is 2.50 bits per heavy atom. The molecule has 0 aliphatic heterocycles. The first-order valence-electron chi connectivity index (χ1n) is 6.87. The van der Waals surface area contributed by atoms with E-state index in [1.807, 2.05) is 20.8 Å². The van der Waals surface area contributed by atoms with Gasteiger partial charge >= 0.3 is 0 Å². The van der Waals surface area contributed by atoms with Crippen molar-refractivity contribution in [2.75, 3.05) is 0 Å². The second-order valence-corrected chi connectivity index (χ2v) is 10.0. The van der Waals surface area contributed by atoms with Gasteiger partial charge in [-0.25, -0.2) is 4.21 Å². The summed E-state index contributed by atoms with van der Waals surface area (Å²) in [7, 11) is -1.21. The summed E-state index contributed by atoms with van der Waals surface area (Å²) in [6, 6.07) is 6.32. The molecule has 1 aromatic carbocycles. The Morgan fingerprint density at radius 2 is 1.90 bits per heavy atom. The van der Waals surface area contributed by atoms with E-state index in [4.69, 9.17) is 0 Å². The lowest BCUT2D eigenvalue weighted by molar-refractivity contribution is 0.373. The molecule has 0 spiro atoms. The summed E-state index contributed by atoms with van der Waals surface area (Å²) in [6.45, 7) is 10.4. The Balaban J connectivity index is 2.51. The number of hydrogen-bond acceptors (Lipinski definition) is 1. The molecule has 1 aliphatic rings. The molecule has 1 aliphatic carbocycles. The number of hydrogen-bond donors (Lipinski definition) is 0. The molecule has 1 unspecified atom stereocenters. The SMILES string of the molecule is CC1(C)C/C(=N\S(=O)C(C)(C)C)c2cc(Br)ccc2C1. The van der Waals surface area contributed by atoms with Crippen molar-refractivity contribution in [2.24, 2.45) is 9.81 Å². The Hall–Kier alpha value is -0.480. The van der Waals surface area contributed by atoms with E-state index in [0.717, 1.165) is 28.6 Å². The van der Waals surface area contributed by atoms with Crippen molar-refractivity contribution >= 4 is 32.6 Å². The molecule has 2 nitrogen and oxygen atoms in total. The molecule has 0 radical (unpaired) electrons. The minimum Gasteiger partial charge on any atom is -0.234 e. The van der Waals surface area contributed by atoms with Crippen LogP contribution in [0.5, 0.6) is 0 Å². The summed E-state index contributed by atoms with van der Waals surface area (Å²) in [5.74, 6) is 0. The van der Waals surface area contributed by atoms with Gasteiger partial charge in [0.25, 0.3) is 0 Å². The largest absolute Gasteiger partial charge is 0.234 e. The monoisotopic (exact) mass is 355 g/mol. The van der Waals surface area contributed by atoms with Crippen LogP contribution in [-0.2, 0) is 17.4 Å². The third-order valence-corrected chi connectivity index (χ3v) is 5.34.